The molecular weight excluding hydrogens is 310 g/mol. The molecule has 21 heavy (non-hydrogen) atoms. The third-order valence-electron chi connectivity index (χ3n) is 2.86. The quantitative estimate of drug-likeness (QED) is 0.796. The number of anilines is 1. The number of aromatic nitrogens is 2. The highest BCUT2D eigenvalue weighted by atomic mass is 35.5. The van der Waals surface area contributed by atoms with Crippen molar-refractivity contribution in [2.45, 2.75) is 24.9 Å². The Bertz CT molecular complexity index is 640. The fraction of sp³-hybridized carbons (Fsp3) is 0.286. The first kappa shape index (κ1) is 15.7. The molecule has 1 aromatic heterocycles. The number of aromatic carboxylic acids is 1. The molecular formula is C14H16ClN3O2S. The van der Waals surface area contributed by atoms with Gasteiger partial charge in [0.15, 0.2) is 0 Å². The molecule has 0 aliphatic heterocycles. The number of nitrogens with zero attached hydrogens (tertiary/aromatic N) is 2. The minimum Gasteiger partial charge on any atom is -0.477 e. The van der Waals surface area contributed by atoms with Crippen molar-refractivity contribution in [3.05, 3.63) is 40.4 Å². The van der Waals surface area contributed by atoms with E-state index in [9.17, 15) is 9.90 Å². The van der Waals surface area contributed by atoms with E-state index in [1.54, 1.807) is 12.1 Å². The highest BCUT2D eigenvalue weighted by Crippen LogP contribution is 2.27. The number of rotatable bonds is 6. The second-order valence-corrected chi connectivity index (χ2v) is 6.02. The van der Waals surface area contributed by atoms with Crippen LogP contribution >= 0.6 is 23.4 Å². The second kappa shape index (κ2) is 6.87. The number of carbonyl (C=O) groups is 1. The minimum atomic E-state index is -1.05. The first-order valence-electron chi connectivity index (χ1n) is 6.49. The standard InChI is InChI=1S/C14H16ClN3O2S/c1-2-7-21-13-11(14(19)20)12(16)18(17-13)8-9-3-5-10(15)6-4-9/h3-6H,2,7-8,16H2,1H3,(H,19,20). The summed E-state index contributed by atoms with van der Waals surface area (Å²) in [6, 6.07) is 7.29. The number of benzene rings is 1. The number of nitrogens with two attached hydrogens (primary N) is 1. The van der Waals surface area contributed by atoms with Crippen molar-refractivity contribution in [3.63, 3.8) is 0 Å². The molecule has 0 atom stereocenters. The van der Waals surface area contributed by atoms with E-state index in [1.807, 2.05) is 19.1 Å². The average Bonchev–Trinajstić information content (AvgIpc) is 2.75. The molecule has 1 heterocycles. The Morgan fingerprint density at radius 1 is 1.43 bits per heavy atom. The topological polar surface area (TPSA) is 81.1 Å². The van der Waals surface area contributed by atoms with Crippen LogP contribution in [0.2, 0.25) is 5.02 Å². The summed E-state index contributed by atoms with van der Waals surface area (Å²) in [7, 11) is 0. The summed E-state index contributed by atoms with van der Waals surface area (Å²) in [5, 5.41) is 14.7. The van der Waals surface area contributed by atoms with Crippen molar-refractivity contribution in [2.75, 3.05) is 11.5 Å². The largest absolute Gasteiger partial charge is 0.477 e. The molecule has 112 valence electrons. The normalized spacial score (nSPS) is 10.8. The molecule has 0 aliphatic carbocycles. The van der Waals surface area contributed by atoms with Crippen molar-refractivity contribution in [1.82, 2.24) is 9.78 Å². The van der Waals surface area contributed by atoms with Gasteiger partial charge in [-0.1, -0.05) is 30.7 Å². The predicted octanol–water partition coefficient (Wildman–Crippen LogP) is 3.37. The van der Waals surface area contributed by atoms with E-state index in [0.29, 0.717) is 16.6 Å². The smallest absolute Gasteiger partial charge is 0.342 e. The van der Waals surface area contributed by atoms with Gasteiger partial charge >= 0.3 is 5.97 Å². The van der Waals surface area contributed by atoms with Crippen LogP contribution in [0.25, 0.3) is 0 Å². The van der Waals surface area contributed by atoms with Crippen molar-refractivity contribution in [2.24, 2.45) is 0 Å². The maximum absolute atomic E-state index is 11.4. The molecule has 0 saturated carbocycles. The molecule has 0 amide bonds. The maximum Gasteiger partial charge on any atom is 0.342 e. The fourth-order valence-corrected chi connectivity index (χ4v) is 2.85. The molecule has 3 N–H and O–H groups in total. The number of carboxylic acid groups (broad SMARTS) is 1. The number of hydrogen-bond donors (Lipinski definition) is 2. The summed E-state index contributed by atoms with van der Waals surface area (Å²) in [6.07, 6.45) is 0.938. The molecule has 0 bridgehead atoms. The van der Waals surface area contributed by atoms with Gasteiger partial charge in [0.1, 0.15) is 16.4 Å². The number of carboxylic acids is 1. The van der Waals surface area contributed by atoms with E-state index in [-0.39, 0.29) is 11.4 Å². The second-order valence-electron chi connectivity index (χ2n) is 4.50. The average molecular weight is 326 g/mol. The summed E-state index contributed by atoms with van der Waals surface area (Å²) in [6.45, 7) is 2.44. The van der Waals surface area contributed by atoms with Crippen molar-refractivity contribution < 1.29 is 9.90 Å². The molecule has 2 aromatic rings. The Morgan fingerprint density at radius 3 is 2.67 bits per heavy atom. The Labute approximate surface area is 132 Å². The van der Waals surface area contributed by atoms with Crippen LogP contribution < -0.4 is 5.73 Å². The zero-order valence-corrected chi connectivity index (χ0v) is 13.1. The van der Waals surface area contributed by atoms with Gasteiger partial charge < -0.3 is 10.8 Å². The third-order valence-corrected chi connectivity index (χ3v) is 4.29. The van der Waals surface area contributed by atoms with Gasteiger partial charge in [-0.3, -0.25) is 0 Å². The number of hydrogen-bond acceptors (Lipinski definition) is 4. The summed E-state index contributed by atoms with van der Waals surface area (Å²) in [4.78, 5) is 11.4. The molecule has 0 unspecified atom stereocenters. The van der Waals surface area contributed by atoms with Crippen molar-refractivity contribution in [1.29, 1.82) is 0 Å². The van der Waals surface area contributed by atoms with Crippen LogP contribution in [-0.2, 0) is 6.54 Å². The monoisotopic (exact) mass is 325 g/mol. The van der Waals surface area contributed by atoms with Gasteiger partial charge in [0.2, 0.25) is 0 Å². The fourth-order valence-electron chi connectivity index (χ4n) is 1.84. The van der Waals surface area contributed by atoms with Gasteiger partial charge in [0, 0.05) is 5.02 Å². The SMILES string of the molecule is CCCSc1nn(Cc2ccc(Cl)cc2)c(N)c1C(=O)O. The van der Waals surface area contributed by atoms with Crippen molar-refractivity contribution in [3.8, 4) is 0 Å². The summed E-state index contributed by atoms with van der Waals surface area (Å²) in [5.74, 6) is -0.0676. The van der Waals surface area contributed by atoms with E-state index in [2.05, 4.69) is 5.10 Å². The van der Waals surface area contributed by atoms with E-state index in [4.69, 9.17) is 17.3 Å². The molecule has 0 spiro atoms. The van der Waals surface area contributed by atoms with Gasteiger partial charge in [-0.25, -0.2) is 9.48 Å². The molecule has 7 heteroatoms. The number of nitrogen functional groups attached to an aromatic ring is 1. The van der Waals surface area contributed by atoms with E-state index in [1.165, 1.54) is 16.4 Å². The first-order valence-corrected chi connectivity index (χ1v) is 7.86. The van der Waals surface area contributed by atoms with Crippen LogP contribution in [0.4, 0.5) is 5.82 Å². The number of thioether (sulfide) groups is 1. The lowest BCUT2D eigenvalue weighted by Crippen LogP contribution is -2.08. The van der Waals surface area contributed by atoms with Gasteiger partial charge in [0.25, 0.3) is 0 Å². The van der Waals surface area contributed by atoms with Gasteiger partial charge in [-0.05, 0) is 29.9 Å². The summed E-state index contributed by atoms with van der Waals surface area (Å²) < 4.78 is 1.52. The van der Waals surface area contributed by atoms with Crippen LogP contribution in [0.5, 0.6) is 0 Å². The van der Waals surface area contributed by atoms with E-state index in [0.717, 1.165) is 17.7 Å². The van der Waals surface area contributed by atoms with Crippen LogP contribution in [0.1, 0.15) is 29.3 Å². The molecule has 5 nitrogen and oxygen atoms in total. The molecule has 2 rings (SSSR count). The van der Waals surface area contributed by atoms with Crippen LogP contribution in [0.15, 0.2) is 29.3 Å². The van der Waals surface area contributed by atoms with Gasteiger partial charge in [0.05, 0.1) is 6.54 Å². The lowest BCUT2D eigenvalue weighted by atomic mass is 10.2. The molecule has 0 saturated heterocycles. The van der Waals surface area contributed by atoms with Crippen LogP contribution in [0.3, 0.4) is 0 Å². The Kier molecular flexibility index (Phi) is 5.14. The van der Waals surface area contributed by atoms with Crippen molar-refractivity contribution >= 4 is 35.1 Å². The third kappa shape index (κ3) is 3.71. The van der Waals surface area contributed by atoms with Crippen LogP contribution in [0, 0.1) is 0 Å². The lowest BCUT2D eigenvalue weighted by Gasteiger charge is -2.04. The Morgan fingerprint density at radius 2 is 2.10 bits per heavy atom. The predicted molar refractivity (Wildman–Crippen MR) is 85.2 cm³/mol. The molecule has 0 fully saturated rings. The van der Waals surface area contributed by atoms with Crippen LogP contribution in [-0.4, -0.2) is 26.6 Å². The summed E-state index contributed by atoms with van der Waals surface area (Å²) >= 11 is 7.26. The first-order chi connectivity index (χ1) is 10.0. The van der Waals surface area contributed by atoms with E-state index >= 15 is 0 Å². The highest BCUT2D eigenvalue weighted by molar-refractivity contribution is 7.99. The maximum atomic E-state index is 11.4. The van der Waals surface area contributed by atoms with E-state index < -0.39 is 5.97 Å². The molecule has 1 aromatic carbocycles. The highest BCUT2D eigenvalue weighted by Gasteiger charge is 2.21. The Hall–Kier alpha value is -1.66. The molecule has 0 radical (unpaired) electrons. The van der Waals surface area contributed by atoms with Gasteiger partial charge in [-0.15, -0.1) is 11.8 Å². The van der Waals surface area contributed by atoms with Gasteiger partial charge in [-0.2, -0.15) is 5.10 Å². The minimum absolute atomic E-state index is 0.0856. The lowest BCUT2D eigenvalue weighted by molar-refractivity contribution is 0.0694. The summed E-state index contributed by atoms with van der Waals surface area (Å²) in [5.41, 5.74) is 6.98. The number of halogens is 1. The molecule has 0 aliphatic rings. The Balaban J connectivity index is 2.31. The zero-order valence-electron chi connectivity index (χ0n) is 11.5. The zero-order chi connectivity index (χ0) is 15.4.